The fraction of sp³-hybridized carbons (Fsp3) is 0.0870. The maximum atomic E-state index is 12.8. The summed E-state index contributed by atoms with van der Waals surface area (Å²) >= 11 is 0. The first kappa shape index (κ1) is 19.9. The fourth-order valence-corrected chi connectivity index (χ4v) is 4.10. The van der Waals surface area contributed by atoms with Gasteiger partial charge in [-0.05, 0) is 55.0 Å². The molecule has 0 fully saturated rings. The number of hydrogen-bond acceptors (Lipinski definition) is 4. The largest absolute Gasteiger partial charge is 0.457 e. The molecule has 4 rings (SSSR count). The van der Waals surface area contributed by atoms with Gasteiger partial charge in [0.25, 0.3) is 0 Å². The number of nitrogens with zero attached hydrogens (tertiary/aromatic N) is 2. The molecule has 0 radical (unpaired) electrons. The van der Waals surface area contributed by atoms with Gasteiger partial charge in [-0.25, -0.2) is 18.1 Å². The Hall–Kier alpha value is -3.42. The van der Waals surface area contributed by atoms with E-state index >= 15 is 0 Å². The molecule has 0 unspecified atom stereocenters. The molecule has 30 heavy (non-hydrogen) atoms. The van der Waals surface area contributed by atoms with Gasteiger partial charge in [-0.1, -0.05) is 36.4 Å². The molecule has 0 aliphatic rings. The van der Waals surface area contributed by atoms with Gasteiger partial charge in [0.05, 0.1) is 10.6 Å². The number of rotatable bonds is 7. The number of imidazole rings is 1. The van der Waals surface area contributed by atoms with Crippen molar-refractivity contribution in [3.63, 3.8) is 0 Å². The molecule has 3 aromatic carbocycles. The van der Waals surface area contributed by atoms with E-state index in [1.807, 2.05) is 72.3 Å². The lowest BCUT2D eigenvalue weighted by Gasteiger charge is -2.13. The summed E-state index contributed by atoms with van der Waals surface area (Å²) in [5, 5.41) is 0. The first-order chi connectivity index (χ1) is 14.5. The van der Waals surface area contributed by atoms with Crippen molar-refractivity contribution in [3.8, 4) is 17.2 Å². The minimum absolute atomic E-state index is 0.165. The van der Waals surface area contributed by atoms with Gasteiger partial charge >= 0.3 is 0 Å². The maximum absolute atomic E-state index is 12.8. The van der Waals surface area contributed by atoms with Crippen LogP contribution in [0.25, 0.3) is 5.69 Å². The van der Waals surface area contributed by atoms with Crippen molar-refractivity contribution < 1.29 is 13.2 Å². The Kier molecular flexibility index (Phi) is 5.65. The first-order valence-electron chi connectivity index (χ1n) is 9.44. The molecule has 1 N–H and O–H groups in total. The van der Waals surface area contributed by atoms with Crippen molar-refractivity contribution in [2.75, 3.05) is 0 Å². The van der Waals surface area contributed by atoms with Gasteiger partial charge in [-0.2, -0.15) is 0 Å². The zero-order chi connectivity index (χ0) is 21.0. The molecule has 6 nitrogen and oxygen atoms in total. The zero-order valence-electron chi connectivity index (χ0n) is 16.4. The van der Waals surface area contributed by atoms with E-state index in [9.17, 15) is 8.42 Å². The second-order valence-corrected chi connectivity index (χ2v) is 8.45. The second kappa shape index (κ2) is 8.52. The summed E-state index contributed by atoms with van der Waals surface area (Å²) in [5.41, 5.74) is 1.74. The highest BCUT2D eigenvalue weighted by Gasteiger charge is 2.15. The molecular formula is C23H21N3O3S. The van der Waals surface area contributed by atoms with Crippen LogP contribution in [0.15, 0.2) is 96.2 Å². The third-order valence-electron chi connectivity index (χ3n) is 4.64. The van der Waals surface area contributed by atoms with Gasteiger partial charge < -0.3 is 9.30 Å². The summed E-state index contributed by atoms with van der Waals surface area (Å²) in [5.74, 6) is 2.10. The molecule has 7 heteroatoms. The smallest absolute Gasteiger partial charge is 0.240 e. The van der Waals surface area contributed by atoms with Gasteiger partial charge in [-0.15, -0.1) is 0 Å². The molecule has 0 aliphatic carbocycles. The van der Waals surface area contributed by atoms with Crippen molar-refractivity contribution >= 4 is 10.0 Å². The Balaban J connectivity index is 1.49. The molecule has 1 heterocycles. The van der Waals surface area contributed by atoms with Crippen LogP contribution < -0.4 is 9.46 Å². The number of aromatic nitrogens is 2. The molecular weight excluding hydrogens is 398 g/mol. The van der Waals surface area contributed by atoms with Crippen LogP contribution in [0.4, 0.5) is 0 Å². The SMILES string of the molecule is Cc1nccn1-c1ccccc1CNS(=O)(=O)c1ccc(Oc2ccccc2)cc1. The van der Waals surface area contributed by atoms with E-state index in [2.05, 4.69) is 9.71 Å². The summed E-state index contributed by atoms with van der Waals surface area (Å²) in [6.45, 7) is 2.07. The molecule has 0 amide bonds. The Morgan fingerprint density at radius 3 is 2.27 bits per heavy atom. The molecule has 0 atom stereocenters. The average molecular weight is 420 g/mol. The number of ether oxygens (including phenoxy) is 1. The summed E-state index contributed by atoms with van der Waals surface area (Å²) in [6.07, 6.45) is 3.57. The zero-order valence-corrected chi connectivity index (χ0v) is 17.2. The van der Waals surface area contributed by atoms with E-state index in [1.165, 1.54) is 12.1 Å². The monoisotopic (exact) mass is 419 g/mol. The Bertz CT molecular complexity index is 1230. The van der Waals surface area contributed by atoms with E-state index in [1.54, 1.807) is 18.3 Å². The molecule has 0 bridgehead atoms. The lowest BCUT2D eigenvalue weighted by Crippen LogP contribution is -2.24. The molecule has 0 saturated heterocycles. The van der Waals surface area contributed by atoms with Crippen molar-refractivity contribution in [1.82, 2.24) is 14.3 Å². The molecule has 0 aliphatic heterocycles. The highest BCUT2D eigenvalue weighted by Crippen LogP contribution is 2.23. The second-order valence-electron chi connectivity index (χ2n) is 6.68. The van der Waals surface area contributed by atoms with Crippen LogP contribution in [0.5, 0.6) is 11.5 Å². The molecule has 152 valence electrons. The summed E-state index contributed by atoms with van der Waals surface area (Å²) < 4.78 is 35.9. The van der Waals surface area contributed by atoms with E-state index < -0.39 is 10.0 Å². The minimum Gasteiger partial charge on any atom is -0.457 e. The van der Waals surface area contributed by atoms with Gasteiger partial charge in [0.1, 0.15) is 17.3 Å². The highest BCUT2D eigenvalue weighted by molar-refractivity contribution is 7.89. The summed E-state index contributed by atoms with van der Waals surface area (Å²) in [4.78, 5) is 4.42. The van der Waals surface area contributed by atoms with Crippen molar-refractivity contribution in [2.24, 2.45) is 0 Å². The highest BCUT2D eigenvalue weighted by atomic mass is 32.2. The predicted octanol–water partition coefficient (Wildman–Crippen LogP) is 4.45. The van der Waals surface area contributed by atoms with Crippen LogP contribution in [0.3, 0.4) is 0 Å². The standard InChI is InChI=1S/C23H21N3O3S/c1-18-24-15-16-26(18)23-10-6-5-7-19(23)17-25-30(27,28)22-13-11-21(12-14-22)29-20-8-3-2-4-9-20/h2-16,25H,17H2,1H3. The Morgan fingerprint density at radius 2 is 1.57 bits per heavy atom. The Labute approximate surface area is 175 Å². The van der Waals surface area contributed by atoms with Crippen LogP contribution >= 0.6 is 0 Å². The summed E-state index contributed by atoms with van der Waals surface area (Å²) in [6, 6.07) is 23.3. The van der Waals surface area contributed by atoms with E-state index in [0.29, 0.717) is 11.5 Å². The van der Waals surface area contributed by atoms with E-state index in [0.717, 1.165) is 17.1 Å². The lowest BCUT2D eigenvalue weighted by atomic mass is 10.2. The quantitative estimate of drug-likeness (QED) is 0.480. The Morgan fingerprint density at radius 1 is 0.900 bits per heavy atom. The minimum atomic E-state index is -3.67. The molecule has 0 saturated carbocycles. The average Bonchev–Trinajstić information content (AvgIpc) is 3.19. The van der Waals surface area contributed by atoms with Crippen LogP contribution in [-0.2, 0) is 16.6 Å². The van der Waals surface area contributed by atoms with Crippen molar-refractivity contribution in [3.05, 3.63) is 103 Å². The van der Waals surface area contributed by atoms with E-state index in [-0.39, 0.29) is 11.4 Å². The van der Waals surface area contributed by atoms with Crippen LogP contribution in [0.2, 0.25) is 0 Å². The lowest BCUT2D eigenvalue weighted by molar-refractivity contribution is 0.482. The fourth-order valence-electron chi connectivity index (χ4n) is 3.10. The predicted molar refractivity (Wildman–Crippen MR) is 115 cm³/mol. The van der Waals surface area contributed by atoms with Gasteiger partial charge in [0, 0.05) is 18.9 Å². The normalized spacial score (nSPS) is 11.4. The van der Waals surface area contributed by atoms with Crippen molar-refractivity contribution in [2.45, 2.75) is 18.4 Å². The maximum Gasteiger partial charge on any atom is 0.240 e. The van der Waals surface area contributed by atoms with Crippen LogP contribution in [-0.4, -0.2) is 18.0 Å². The number of aryl methyl sites for hydroxylation is 1. The number of hydrogen-bond donors (Lipinski definition) is 1. The number of para-hydroxylation sites is 2. The topological polar surface area (TPSA) is 73.2 Å². The van der Waals surface area contributed by atoms with Gasteiger partial charge in [0.15, 0.2) is 0 Å². The third kappa shape index (κ3) is 4.42. The molecule has 1 aromatic heterocycles. The van der Waals surface area contributed by atoms with Crippen molar-refractivity contribution in [1.29, 1.82) is 0 Å². The first-order valence-corrected chi connectivity index (χ1v) is 10.9. The molecule has 0 spiro atoms. The third-order valence-corrected chi connectivity index (χ3v) is 6.06. The van der Waals surface area contributed by atoms with Gasteiger partial charge in [-0.3, -0.25) is 0 Å². The van der Waals surface area contributed by atoms with Gasteiger partial charge in [0.2, 0.25) is 10.0 Å². The number of benzene rings is 3. The number of nitrogens with one attached hydrogen (secondary N) is 1. The summed E-state index contributed by atoms with van der Waals surface area (Å²) in [7, 11) is -3.67. The van der Waals surface area contributed by atoms with E-state index in [4.69, 9.17) is 4.74 Å². The van der Waals surface area contributed by atoms with Crippen LogP contribution in [0.1, 0.15) is 11.4 Å². The molecule has 4 aromatic rings. The van der Waals surface area contributed by atoms with Crippen LogP contribution in [0, 0.1) is 6.92 Å². The number of sulfonamides is 1.